The van der Waals surface area contributed by atoms with E-state index in [1.54, 1.807) is 0 Å². The van der Waals surface area contributed by atoms with Crippen molar-refractivity contribution in [1.29, 1.82) is 0 Å². The highest BCUT2D eigenvalue weighted by atomic mass is 15.2. The van der Waals surface area contributed by atoms with E-state index in [0.29, 0.717) is 16.9 Å². The van der Waals surface area contributed by atoms with Crippen molar-refractivity contribution >= 4 is 0 Å². The van der Waals surface area contributed by atoms with Gasteiger partial charge in [0.1, 0.15) is 0 Å². The highest BCUT2D eigenvalue weighted by Crippen LogP contribution is 2.42. The Kier molecular flexibility index (Phi) is 4.10. The van der Waals surface area contributed by atoms with Crippen LogP contribution in [-0.4, -0.2) is 24.0 Å². The lowest BCUT2D eigenvalue weighted by Gasteiger charge is -2.46. The standard InChI is InChI=1S/C15H31N/c1-12(2)16-9-8-13(3)15(6,7)10-14(4,5)11-16/h12-13H,8-11H2,1-7H3. The topological polar surface area (TPSA) is 3.24 Å². The van der Waals surface area contributed by atoms with E-state index in [4.69, 9.17) is 0 Å². The van der Waals surface area contributed by atoms with Gasteiger partial charge in [0.05, 0.1) is 0 Å². The van der Waals surface area contributed by atoms with Crippen molar-refractivity contribution in [3.8, 4) is 0 Å². The number of hydrogen-bond donors (Lipinski definition) is 0. The number of hydrogen-bond acceptors (Lipinski definition) is 1. The summed E-state index contributed by atoms with van der Waals surface area (Å²) in [4.78, 5) is 2.66. The predicted octanol–water partition coefficient (Wildman–Crippen LogP) is 4.18. The van der Waals surface area contributed by atoms with E-state index in [9.17, 15) is 0 Å². The van der Waals surface area contributed by atoms with Gasteiger partial charge in [-0.2, -0.15) is 0 Å². The Labute approximate surface area is 103 Å². The van der Waals surface area contributed by atoms with Gasteiger partial charge in [-0.15, -0.1) is 0 Å². The maximum Gasteiger partial charge on any atom is 0.00388 e. The van der Waals surface area contributed by atoms with Crippen LogP contribution in [0.4, 0.5) is 0 Å². The van der Waals surface area contributed by atoms with E-state index < -0.39 is 0 Å². The molecule has 1 heterocycles. The summed E-state index contributed by atoms with van der Waals surface area (Å²) in [5.41, 5.74) is 0.940. The summed E-state index contributed by atoms with van der Waals surface area (Å²) < 4.78 is 0. The van der Waals surface area contributed by atoms with Crippen molar-refractivity contribution in [3.63, 3.8) is 0 Å². The maximum absolute atomic E-state index is 2.66. The molecule has 0 N–H and O–H groups in total. The second-order valence-electron chi connectivity index (χ2n) is 7.58. The van der Waals surface area contributed by atoms with Crippen LogP contribution in [0.25, 0.3) is 0 Å². The smallest absolute Gasteiger partial charge is 0.00388 e. The Hall–Kier alpha value is -0.0400. The average Bonchev–Trinajstić information content (AvgIpc) is 2.07. The largest absolute Gasteiger partial charge is 0.300 e. The highest BCUT2D eigenvalue weighted by molar-refractivity contribution is 4.88. The fourth-order valence-corrected chi connectivity index (χ4v) is 3.28. The third-order valence-corrected chi connectivity index (χ3v) is 4.48. The Morgan fingerprint density at radius 3 is 2.19 bits per heavy atom. The minimum absolute atomic E-state index is 0.447. The number of likely N-dealkylation sites (tertiary alicyclic amines) is 1. The minimum Gasteiger partial charge on any atom is -0.300 e. The van der Waals surface area contributed by atoms with Crippen LogP contribution < -0.4 is 0 Å². The Morgan fingerprint density at radius 1 is 1.12 bits per heavy atom. The maximum atomic E-state index is 2.66. The minimum atomic E-state index is 0.447. The van der Waals surface area contributed by atoms with Crippen molar-refractivity contribution in [1.82, 2.24) is 4.90 Å². The Morgan fingerprint density at radius 2 is 1.69 bits per heavy atom. The molecule has 16 heavy (non-hydrogen) atoms. The highest BCUT2D eigenvalue weighted by Gasteiger charge is 2.36. The first-order chi connectivity index (χ1) is 7.14. The summed E-state index contributed by atoms with van der Waals surface area (Å²) in [5, 5.41) is 0. The Bertz CT molecular complexity index is 228. The summed E-state index contributed by atoms with van der Waals surface area (Å²) in [7, 11) is 0. The summed E-state index contributed by atoms with van der Waals surface area (Å²) in [5.74, 6) is 0.827. The molecule has 0 radical (unpaired) electrons. The van der Waals surface area contributed by atoms with Crippen LogP contribution in [0, 0.1) is 16.7 Å². The quantitative estimate of drug-likeness (QED) is 0.647. The van der Waals surface area contributed by atoms with Crippen molar-refractivity contribution in [2.45, 2.75) is 67.3 Å². The summed E-state index contributed by atoms with van der Waals surface area (Å²) >= 11 is 0. The zero-order chi connectivity index (χ0) is 12.6. The first-order valence-corrected chi connectivity index (χ1v) is 6.88. The molecule has 0 aliphatic carbocycles. The van der Waals surface area contributed by atoms with Crippen molar-refractivity contribution in [3.05, 3.63) is 0 Å². The van der Waals surface area contributed by atoms with Gasteiger partial charge in [-0.3, -0.25) is 0 Å². The Balaban J connectivity index is 2.82. The van der Waals surface area contributed by atoms with E-state index in [0.717, 1.165) is 5.92 Å². The molecule has 1 unspecified atom stereocenters. The SMILES string of the molecule is CC(C)N1CCC(C)C(C)(C)CC(C)(C)C1. The fourth-order valence-electron chi connectivity index (χ4n) is 3.28. The molecule has 1 fully saturated rings. The number of rotatable bonds is 1. The molecule has 0 amide bonds. The van der Waals surface area contributed by atoms with E-state index >= 15 is 0 Å². The van der Waals surface area contributed by atoms with Gasteiger partial charge in [-0.25, -0.2) is 0 Å². The molecule has 1 rings (SSSR count). The molecule has 0 aromatic rings. The lowest BCUT2D eigenvalue weighted by Crippen LogP contribution is -2.45. The van der Waals surface area contributed by atoms with E-state index in [2.05, 4.69) is 53.4 Å². The van der Waals surface area contributed by atoms with Crippen molar-refractivity contribution in [2.75, 3.05) is 13.1 Å². The molecule has 0 saturated carbocycles. The lowest BCUT2D eigenvalue weighted by atomic mass is 9.66. The average molecular weight is 225 g/mol. The van der Waals surface area contributed by atoms with Gasteiger partial charge in [0.2, 0.25) is 0 Å². The van der Waals surface area contributed by atoms with Crippen LogP contribution in [0.3, 0.4) is 0 Å². The third-order valence-electron chi connectivity index (χ3n) is 4.48. The van der Waals surface area contributed by atoms with Gasteiger partial charge >= 0.3 is 0 Å². The molecular formula is C15H31N. The molecule has 1 nitrogen and oxygen atoms in total. The molecule has 0 aromatic heterocycles. The van der Waals surface area contributed by atoms with Crippen LogP contribution in [0.15, 0.2) is 0 Å². The molecule has 0 bridgehead atoms. The molecule has 0 aromatic carbocycles. The normalized spacial score (nSPS) is 31.1. The van der Waals surface area contributed by atoms with E-state index in [1.807, 2.05) is 0 Å². The second kappa shape index (κ2) is 4.68. The lowest BCUT2D eigenvalue weighted by molar-refractivity contribution is 0.0381. The van der Waals surface area contributed by atoms with Crippen molar-refractivity contribution in [2.24, 2.45) is 16.7 Å². The van der Waals surface area contributed by atoms with E-state index in [1.165, 1.54) is 25.9 Å². The van der Waals surface area contributed by atoms with Crippen LogP contribution in [0.5, 0.6) is 0 Å². The van der Waals surface area contributed by atoms with Gasteiger partial charge < -0.3 is 4.90 Å². The number of nitrogens with zero attached hydrogens (tertiary/aromatic N) is 1. The molecule has 0 spiro atoms. The molecular weight excluding hydrogens is 194 g/mol. The second-order valence-corrected chi connectivity index (χ2v) is 7.58. The van der Waals surface area contributed by atoms with Gasteiger partial charge in [-0.1, -0.05) is 34.6 Å². The zero-order valence-electron chi connectivity index (χ0n) is 12.4. The molecule has 1 aliphatic heterocycles. The van der Waals surface area contributed by atoms with Crippen molar-refractivity contribution < 1.29 is 0 Å². The van der Waals surface area contributed by atoms with Crippen LogP contribution in [-0.2, 0) is 0 Å². The van der Waals surface area contributed by atoms with Crippen LogP contribution >= 0.6 is 0 Å². The first-order valence-electron chi connectivity index (χ1n) is 6.88. The first kappa shape index (κ1) is 14.0. The molecule has 1 saturated heterocycles. The zero-order valence-corrected chi connectivity index (χ0v) is 12.4. The molecule has 1 heteroatoms. The third kappa shape index (κ3) is 3.48. The van der Waals surface area contributed by atoms with E-state index in [-0.39, 0.29) is 0 Å². The molecule has 96 valence electrons. The van der Waals surface area contributed by atoms with Gasteiger partial charge in [-0.05, 0) is 50.0 Å². The summed E-state index contributed by atoms with van der Waals surface area (Å²) in [6.07, 6.45) is 2.69. The molecule has 1 aliphatic rings. The van der Waals surface area contributed by atoms with Gasteiger partial charge in [0, 0.05) is 12.6 Å². The van der Waals surface area contributed by atoms with Crippen LogP contribution in [0.2, 0.25) is 0 Å². The van der Waals surface area contributed by atoms with Gasteiger partial charge in [0.15, 0.2) is 0 Å². The predicted molar refractivity (Wildman–Crippen MR) is 72.7 cm³/mol. The summed E-state index contributed by atoms with van der Waals surface area (Å²) in [6, 6.07) is 0.688. The van der Waals surface area contributed by atoms with Gasteiger partial charge in [0.25, 0.3) is 0 Å². The van der Waals surface area contributed by atoms with Crippen LogP contribution in [0.1, 0.15) is 61.3 Å². The monoisotopic (exact) mass is 225 g/mol. The fraction of sp³-hybridized carbons (Fsp3) is 1.00. The summed E-state index contributed by atoms with van der Waals surface area (Å²) in [6.45, 7) is 19.4. The molecule has 1 atom stereocenters.